The zero-order chi connectivity index (χ0) is 10.0. The van der Waals surface area contributed by atoms with Crippen molar-refractivity contribution in [2.75, 3.05) is 6.61 Å². The average Bonchev–Trinajstić information content (AvgIpc) is 2.26. The predicted molar refractivity (Wildman–Crippen MR) is 46.6 cm³/mol. The Morgan fingerprint density at radius 2 is 2.08 bits per heavy atom. The molecule has 1 fully saturated rings. The van der Waals surface area contributed by atoms with Crippen molar-refractivity contribution in [1.29, 1.82) is 0 Å². The molecule has 0 aliphatic heterocycles. The van der Waals surface area contributed by atoms with E-state index in [1.165, 1.54) is 0 Å². The molecule has 0 saturated heterocycles. The second-order valence-corrected chi connectivity index (χ2v) is 3.99. The van der Waals surface area contributed by atoms with Gasteiger partial charge in [0.1, 0.15) is 0 Å². The molecule has 76 valence electrons. The number of hydrogen-bond acceptors (Lipinski definition) is 3. The summed E-state index contributed by atoms with van der Waals surface area (Å²) in [7, 11) is 0. The first kappa shape index (κ1) is 10.8. The number of aliphatic carboxylic acids is 1. The van der Waals surface area contributed by atoms with Gasteiger partial charge in [-0.25, -0.2) is 0 Å². The summed E-state index contributed by atoms with van der Waals surface area (Å²) in [6.07, 6.45) is -0.391. The number of hydrogen-bond donors (Lipinski definition) is 3. The van der Waals surface area contributed by atoms with Crippen molar-refractivity contribution in [3.05, 3.63) is 0 Å². The number of carbonyl (C=O) groups is 1. The molecule has 3 N–H and O–H groups in total. The summed E-state index contributed by atoms with van der Waals surface area (Å²) < 4.78 is 0. The Morgan fingerprint density at radius 1 is 1.46 bits per heavy atom. The van der Waals surface area contributed by atoms with Crippen molar-refractivity contribution in [2.45, 2.75) is 24.3 Å². The third-order valence-corrected chi connectivity index (χ3v) is 3.10. The fourth-order valence-electron chi connectivity index (χ4n) is 1.87. The minimum atomic E-state index is -0.941. The van der Waals surface area contributed by atoms with E-state index in [-0.39, 0.29) is 24.3 Å². The molecule has 13 heavy (non-hydrogen) atoms. The molecule has 0 spiro atoms. The first-order chi connectivity index (χ1) is 6.06. The summed E-state index contributed by atoms with van der Waals surface area (Å²) in [6.45, 7) is -0.206. The highest BCUT2D eigenvalue weighted by atomic mass is 35.5. The second kappa shape index (κ2) is 4.26. The topological polar surface area (TPSA) is 77.8 Å². The summed E-state index contributed by atoms with van der Waals surface area (Å²) in [6, 6.07) is 0. The van der Waals surface area contributed by atoms with Crippen LogP contribution in [0.2, 0.25) is 0 Å². The van der Waals surface area contributed by atoms with E-state index in [0.717, 1.165) is 0 Å². The van der Waals surface area contributed by atoms with E-state index in [1.807, 2.05) is 0 Å². The summed E-state index contributed by atoms with van der Waals surface area (Å²) in [5.41, 5.74) is 0. The molecule has 0 radical (unpaired) electrons. The van der Waals surface area contributed by atoms with E-state index in [9.17, 15) is 9.90 Å². The van der Waals surface area contributed by atoms with Crippen molar-refractivity contribution >= 4 is 17.6 Å². The first-order valence-electron chi connectivity index (χ1n) is 4.21. The molecule has 5 heteroatoms. The van der Waals surface area contributed by atoms with Crippen LogP contribution in [0.1, 0.15) is 12.8 Å². The number of carboxylic acids is 1. The number of halogens is 1. The lowest BCUT2D eigenvalue weighted by Crippen LogP contribution is -2.26. The standard InChI is InChI=1S/C8H13ClO4/c9-6-2-7(11)5(3-10)4(6)1-8(12)13/h4-7,10-11H,1-3H2,(H,12,13). The fraction of sp³-hybridized carbons (Fsp3) is 0.875. The van der Waals surface area contributed by atoms with E-state index in [4.69, 9.17) is 21.8 Å². The van der Waals surface area contributed by atoms with Crippen molar-refractivity contribution in [3.8, 4) is 0 Å². The van der Waals surface area contributed by atoms with Gasteiger partial charge in [0.15, 0.2) is 0 Å². The van der Waals surface area contributed by atoms with E-state index in [2.05, 4.69) is 0 Å². The van der Waals surface area contributed by atoms with Crippen molar-refractivity contribution < 1.29 is 20.1 Å². The lowest BCUT2D eigenvalue weighted by atomic mass is 9.92. The van der Waals surface area contributed by atoms with Crippen LogP contribution in [0.25, 0.3) is 0 Å². The van der Waals surface area contributed by atoms with Crippen LogP contribution in [-0.4, -0.2) is 39.4 Å². The Hall–Kier alpha value is -0.320. The lowest BCUT2D eigenvalue weighted by molar-refractivity contribution is -0.138. The average molecular weight is 209 g/mol. The Labute approximate surface area is 81.1 Å². The molecule has 0 bridgehead atoms. The third kappa shape index (κ3) is 2.33. The minimum absolute atomic E-state index is 0.0869. The highest BCUT2D eigenvalue weighted by Gasteiger charge is 2.42. The predicted octanol–water partition coefficient (Wildman–Crippen LogP) is 0.0578. The van der Waals surface area contributed by atoms with Crippen molar-refractivity contribution in [2.24, 2.45) is 11.8 Å². The monoisotopic (exact) mass is 208 g/mol. The Kier molecular flexibility index (Phi) is 3.53. The van der Waals surface area contributed by atoms with Gasteiger partial charge in [-0.1, -0.05) is 0 Å². The minimum Gasteiger partial charge on any atom is -0.481 e. The van der Waals surface area contributed by atoms with Crippen LogP contribution in [0.4, 0.5) is 0 Å². The second-order valence-electron chi connectivity index (χ2n) is 3.43. The highest BCUT2D eigenvalue weighted by molar-refractivity contribution is 6.21. The first-order valence-corrected chi connectivity index (χ1v) is 4.64. The summed E-state index contributed by atoms with van der Waals surface area (Å²) in [4.78, 5) is 10.4. The van der Waals surface area contributed by atoms with Gasteiger partial charge in [-0.15, -0.1) is 11.6 Å². The molecule has 0 aromatic heterocycles. The molecule has 4 unspecified atom stereocenters. The van der Waals surface area contributed by atoms with Crippen LogP contribution < -0.4 is 0 Å². The number of aliphatic hydroxyl groups excluding tert-OH is 2. The van der Waals surface area contributed by atoms with Gasteiger partial charge in [0.25, 0.3) is 0 Å². The SMILES string of the molecule is O=C(O)CC1C(Cl)CC(O)C1CO. The van der Waals surface area contributed by atoms with E-state index in [0.29, 0.717) is 6.42 Å². The van der Waals surface area contributed by atoms with Gasteiger partial charge in [0.2, 0.25) is 0 Å². The fourth-order valence-corrected chi connectivity index (χ4v) is 2.33. The Morgan fingerprint density at radius 3 is 2.54 bits per heavy atom. The van der Waals surface area contributed by atoms with Gasteiger partial charge in [-0.3, -0.25) is 4.79 Å². The summed E-state index contributed by atoms with van der Waals surface area (Å²) in [5, 5.41) is 26.6. The maximum absolute atomic E-state index is 10.4. The molecule has 1 rings (SSSR count). The van der Waals surface area contributed by atoms with E-state index in [1.54, 1.807) is 0 Å². The van der Waals surface area contributed by atoms with E-state index >= 15 is 0 Å². The van der Waals surface area contributed by atoms with Gasteiger partial charge in [-0.2, -0.15) is 0 Å². The molecular formula is C8H13ClO4. The number of alkyl halides is 1. The van der Waals surface area contributed by atoms with Crippen molar-refractivity contribution in [1.82, 2.24) is 0 Å². The maximum Gasteiger partial charge on any atom is 0.303 e. The third-order valence-electron chi connectivity index (χ3n) is 2.60. The van der Waals surface area contributed by atoms with Gasteiger partial charge >= 0.3 is 5.97 Å². The molecule has 4 atom stereocenters. The molecule has 0 aromatic rings. The Balaban J connectivity index is 2.63. The lowest BCUT2D eigenvalue weighted by Gasteiger charge is -2.18. The van der Waals surface area contributed by atoms with Crippen LogP contribution in [-0.2, 0) is 4.79 Å². The quantitative estimate of drug-likeness (QED) is 0.573. The van der Waals surface area contributed by atoms with Crippen LogP contribution in [0, 0.1) is 11.8 Å². The van der Waals surface area contributed by atoms with Crippen LogP contribution in [0.15, 0.2) is 0 Å². The van der Waals surface area contributed by atoms with E-state index < -0.39 is 18.0 Å². The van der Waals surface area contributed by atoms with Crippen molar-refractivity contribution in [3.63, 3.8) is 0 Å². The van der Waals surface area contributed by atoms with Crippen LogP contribution in [0.5, 0.6) is 0 Å². The molecular weight excluding hydrogens is 196 g/mol. The summed E-state index contributed by atoms with van der Waals surface area (Å²) >= 11 is 5.86. The number of rotatable bonds is 3. The number of carboxylic acid groups (broad SMARTS) is 1. The zero-order valence-electron chi connectivity index (χ0n) is 7.06. The van der Waals surface area contributed by atoms with Gasteiger partial charge in [-0.05, 0) is 12.3 Å². The normalized spacial score (nSPS) is 39.3. The highest BCUT2D eigenvalue weighted by Crippen LogP contribution is 2.37. The Bertz CT molecular complexity index is 197. The molecule has 1 aliphatic rings. The van der Waals surface area contributed by atoms with Crippen LogP contribution >= 0.6 is 11.6 Å². The molecule has 4 nitrogen and oxygen atoms in total. The smallest absolute Gasteiger partial charge is 0.303 e. The summed E-state index contributed by atoms with van der Waals surface area (Å²) in [5.74, 6) is -1.65. The zero-order valence-corrected chi connectivity index (χ0v) is 7.81. The van der Waals surface area contributed by atoms with Gasteiger partial charge in [0, 0.05) is 17.9 Å². The largest absolute Gasteiger partial charge is 0.481 e. The molecule has 0 aromatic carbocycles. The van der Waals surface area contributed by atoms with Crippen LogP contribution in [0.3, 0.4) is 0 Å². The molecule has 0 amide bonds. The molecule has 1 aliphatic carbocycles. The molecule has 1 saturated carbocycles. The van der Waals surface area contributed by atoms with Gasteiger partial charge < -0.3 is 15.3 Å². The molecule has 0 heterocycles. The maximum atomic E-state index is 10.4. The number of aliphatic hydroxyl groups is 2. The van der Waals surface area contributed by atoms with Gasteiger partial charge in [0.05, 0.1) is 12.5 Å².